The van der Waals surface area contributed by atoms with Crippen LogP contribution in [0, 0.1) is 11.8 Å². The van der Waals surface area contributed by atoms with Gasteiger partial charge in [0.25, 0.3) is 0 Å². The van der Waals surface area contributed by atoms with Crippen LogP contribution in [-0.4, -0.2) is 72.1 Å². The SMILES string of the molecule is CCOC(=O)C=CC(CC1CCNC1=O)NC(=O)C(CC(C)C)NC(=O)C(NC(C)=O)C(C)O. The van der Waals surface area contributed by atoms with Crippen LogP contribution >= 0.6 is 0 Å². The zero-order valence-electron chi connectivity index (χ0n) is 20.6. The van der Waals surface area contributed by atoms with Gasteiger partial charge >= 0.3 is 5.97 Å². The molecule has 1 rings (SSSR count). The summed E-state index contributed by atoms with van der Waals surface area (Å²) >= 11 is 0. The van der Waals surface area contributed by atoms with E-state index in [0.29, 0.717) is 19.4 Å². The third-order valence-electron chi connectivity index (χ3n) is 5.24. The van der Waals surface area contributed by atoms with Crippen LogP contribution < -0.4 is 21.3 Å². The molecule has 0 aliphatic carbocycles. The summed E-state index contributed by atoms with van der Waals surface area (Å²) in [5.74, 6) is -2.67. The Morgan fingerprint density at radius 3 is 2.32 bits per heavy atom. The minimum Gasteiger partial charge on any atom is -0.463 e. The topological polar surface area (TPSA) is 163 Å². The minimum atomic E-state index is -1.22. The summed E-state index contributed by atoms with van der Waals surface area (Å²) in [6.45, 7) is 8.77. The Morgan fingerprint density at radius 1 is 1.15 bits per heavy atom. The maximum atomic E-state index is 13.1. The maximum absolute atomic E-state index is 13.1. The molecule has 1 saturated heterocycles. The monoisotopic (exact) mass is 482 g/mol. The number of hydrogen-bond donors (Lipinski definition) is 5. The average molecular weight is 483 g/mol. The standard InChI is InChI=1S/C23H38N4O7/c1-6-34-19(30)8-7-17(12-16-9-10-24-21(16)31)26-22(32)18(11-13(2)3)27-23(33)20(14(4)28)25-15(5)29/h7-8,13-14,16-18,20,28H,6,9-12H2,1-5H3,(H,24,31)(H,25,29)(H,26,32)(H,27,33). The van der Waals surface area contributed by atoms with Crippen molar-refractivity contribution in [3.05, 3.63) is 12.2 Å². The Labute approximate surface area is 200 Å². The molecule has 11 heteroatoms. The van der Waals surface area contributed by atoms with Gasteiger partial charge < -0.3 is 31.1 Å². The third kappa shape index (κ3) is 10.3. The van der Waals surface area contributed by atoms with Gasteiger partial charge in [-0.2, -0.15) is 0 Å². The molecule has 0 aromatic heterocycles. The van der Waals surface area contributed by atoms with Crippen LogP contribution in [-0.2, 0) is 28.7 Å². The summed E-state index contributed by atoms with van der Waals surface area (Å²) < 4.78 is 4.89. The Morgan fingerprint density at radius 2 is 1.82 bits per heavy atom. The Hall–Kier alpha value is -2.95. The van der Waals surface area contributed by atoms with E-state index >= 15 is 0 Å². The van der Waals surface area contributed by atoms with E-state index in [9.17, 15) is 29.1 Å². The van der Waals surface area contributed by atoms with E-state index in [2.05, 4.69) is 21.3 Å². The summed E-state index contributed by atoms with van der Waals surface area (Å²) in [6.07, 6.45) is 2.69. The second kappa shape index (κ2) is 14.3. The lowest BCUT2D eigenvalue weighted by Crippen LogP contribution is -2.57. The zero-order valence-corrected chi connectivity index (χ0v) is 20.6. The number of carbonyl (C=O) groups is 5. The first-order chi connectivity index (χ1) is 15.9. The molecule has 11 nitrogen and oxygen atoms in total. The lowest BCUT2D eigenvalue weighted by Gasteiger charge is -2.27. The van der Waals surface area contributed by atoms with Crippen molar-refractivity contribution in [2.75, 3.05) is 13.2 Å². The number of nitrogens with one attached hydrogen (secondary N) is 4. The van der Waals surface area contributed by atoms with Gasteiger partial charge in [-0.15, -0.1) is 0 Å². The summed E-state index contributed by atoms with van der Waals surface area (Å²) in [7, 11) is 0. The van der Waals surface area contributed by atoms with Crippen molar-refractivity contribution in [3.8, 4) is 0 Å². The van der Waals surface area contributed by atoms with Gasteiger partial charge in [0.05, 0.1) is 12.7 Å². The molecule has 5 N–H and O–H groups in total. The van der Waals surface area contributed by atoms with Gasteiger partial charge in [-0.3, -0.25) is 19.2 Å². The van der Waals surface area contributed by atoms with Crippen LogP contribution in [0.3, 0.4) is 0 Å². The number of rotatable bonds is 13. The molecule has 5 unspecified atom stereocenters. The Bertz CT molecular complexity index is 766. The maximum Gasteiger partial charge on any atom is 0.330 e. The van der Waals surface area contributed by atoms with Crippen LogP contribution in [0.25, 0.3) is 0 Å². The molecule has 1 aliphatic rings. The number of amides is 4. The van der Waals surface area contributed by atoms with E-state index in [1.54, 1.807) is 6.92 Å². The van der Waals surface area contributed by atoms with Crippen LogP contribution in [0.4, 0.5) is 0 Å². The fraction of sp³-hybridized carbons (Fsp3) is 0.696. The molecule has 0 saturated carbocycles. The highest BCUT2D eigenvalue weighted by Gasteiger charge is 2.32. The number of carbonyl (C=O) groups excluding carboxylic acids is 5. The molecular weight excluding hydrogens is 444 g/mol. The zero-order chi connectivity index (χ0) is 25.8. The van der Waals surface area contributed by atoms with Crippen molar-refractivity contribution in [2.45, 2.75) is 78.1 Å². The third-order valence-corrected chi connectivity index (χ3v) is 5.24. The first-order valence-corrected chi connectivity index (χ1v) is 11.6. The molecular formula is C23H38N4O7. The molecule has 0 radical (unpaired) electrons. The fourth-order valence-electron chi connectivity index (χ4n) is 3.62. The predicted octanol–water partition coefficient (Wildman–Crippen LogP) is -0.467. The lowest BCUT2D eigenvalue weighted by molar-refractivity contribution is -0.137. The molecule has 1 fully saturated rings. The van der Waals surface area contributed by atoms with E-state index in [-0.39, 0.29) is 30.8 Å². The normalized spacial score (nSPS) is 19.1. The number of aliphatic hydroxyl groups excluding tert-OH is 1. The Balaban J connectivity index is 3.02. The number of aliphatic hydroxyl groups is 1. The van der Waals surface area contributed by atoms with Crippen molar-refractivity contribution >= 4 is 29.6 Å². The molecule has 5 atom stereocenters. The summed E-state index contributed by atoms with van der Waals surface area (Å²) in [5.41, 5.74) is 0. The van der Waals surface area contributed by atoms with E-state index in [4.69, 9.17) is 4.74 Å². The average Bonchev–Trinajstić information content (AvgIpc) is 3.13. The van der Waals surface area contributed by atoms with Gasteiger partial charge in [-0.1, -0.05) is 19.9 Å². The van der Waals surface area contributed by atoms with Crippen molar-refractivity contribution in [3.63, 3.8) is 0 Å². The fourth-order valence-corrected chi connectivity index (χ4v) is 3.62. The highest BCUT2D eigenvalue weighted by Crippen LogP contribution is 2.17. The summed E-state index contributed by atoms with van der Waals surface area (Å²) in [6, 6.07) is -2.83. The van der Waals surface area contributed by atoms with Gasteiger partial charge in [-0.25, -0.2) is 4.79 Å². The van der Waals surface area contributed by atoms with Crippen molar-refractivity contribution in [1.82, 2.24) is 21.3 Å². The highest BCUT2D eigenvalue weighted by atomic mass is 16.5. The van der Waals surface area contributed by atoms with Crippen LogP contribution in [0.2, 0.25) is 0 Å². The highest BCUT2D eigenvalue weighted by molar-refractivity contribution is 5.92. The molecule has 0 bridgehead atoms. The number of hydrogen-bond acceptors (Lipinski definition) is 7. The van der Waals surface area contributed by atoms with Crippen LogP contribution in [0.15, 0.2) is 12.2 Å². The Kier molecular flexibility index (Phi) is 12.3. The van der Waals surface area contributed by atoms with Crippen molar-refractivity contribution in [2.24, 2.45) is 11.8 Å². The van der Waals surface area contributed by atoms with Crippen LogP contribution in [0.5, 0.6) is 0 Å². The molecule has 1 aliphatic heterocycles. The molecule has 0 spiro atoms. The second-order valence-corrected chi connectivity index (χ2v) is 8.85. The largest absolute Gasteiger partial charge is 0.463 e. The van der Waals surface area contributed by atoms with E-state index < -0.39 is 47.9 Å². The van der Waals surface area contributed by atoms with Gasteiger partial charge in [-0.05, 0) is 39.0 Å². The quantitative estimate of drug-likeness (QED) is 0.175. The molecule has 34 heavy (non-hydrogen) atoms. The van der Waals surface area contributed by atoms with Gasteiger partial charge in [0.15, 0.2) is 0 Å². The van der Waals surface area contributed by atoms with Gasteiger partial charge in [0.1, 0.15) is 12.1 Å². The van der Waals surface area contributed by atoms with E-state index in [1.165, 1.54) is 26.0 Å². The van der Waals surface area contributed by atoms with Crippen molar-refractivity contribution < 1.29 is 33.8 Å². The summed E-state index contributed by atoms with van der Waals surface area (Å²) in [5, 5.41) is 20.4. The lowest BCUT2D eigenvalue weighted by atomic mass is 9.96. The minimum absolute atomic E-state index is 0.0379. The van der Waals surface area contributed by atoms with Crippen molar-refractivity contribution in [1.29, 1.82) is 0 Å². The second-order valence-electron chi connectivity index (χ2n) is 8.85. The van der Waals surface area contributed by atoms with Gasteiger partial charge in [0, 0.05) is 31.5 Å². The van der Waals surface area contributed by atoms with E-state index in [0.717, 1.165) is 0 Å². The molecule has 0 aromatic carbocycles. The van der Waals surface area contributed by atoms with Gasteiger partial charge in [0.2, 0.25) is 23.6 Å². The summed E-state index contributed by atoms with van der Waals surface area (Å²) in [4.78, 5) is 61.1. The number of ether oxygens (including phenoxy) is 1. The molecule has 192 valence electrons. The first kappa shape index (κ1) is 29.1. The predicted molar refractivity (Wildman–Crippen MR) is 124 cm³/mol. The molecule has 0 aromatic rings. The first-order valence-electron chi connectivity index (χ1n) is 11.6. The molecule has 4 amide bonds. The number of esters is 1. The van der Waals surface area contributed by atoms with Crippen LogP contribution in [0.1, 0.15) is 53.9 Å². The molecule has 1 heterocycles. The van der Waals surface area contributed by atoms with E-state index in [1.807, 2.05) is 13.8 Å². The smallest absolute Gasteiger partial charge is 0.330 e.